The molecule has 2 aliphatic heterocycles. The predicted octanol–water partition coefficient (Wildman–Crippen LogP) is 0.859. The van der Waals surface area contributed by atoms with E-state index in [9.17, 15) is 9.90 Å². The summed E-state index contributed by atoms with van der Waals surface area (Å²) in [4.78, 5) is 13.8. The van der Waals surface area contributed by atoms with Gasteiger partial charge in [-0.05, 0) is 36.6 Å². The standard InChI is InChI=1S/C14H17N3O2/c1-8-3-9(2)11-5-10(18)6-13-14(19)16-15-7-17(13)12(11)4-8/h3-4,7,10,13,18H,5-6H2,1-2H3,(H,16,19). The molecular weight excluding hydrogens is 242 g/mol. The SMILES string of the molecule is Cc1cc(C)c2c(c1)N1C=NNC(=O)C1CC(O)C2. The third kappa shape index (κ3) is 2.00. The molecule has 0 radical (unpaired) electrons. The molecule has 0 saturated carbocycles. The molecule has 2 atom stereocenters. The minimum absolute atomic E-state index is 0.159. The van der Waals surface area contributed by atoms with Gasteiger partial charge in [-0.2, -0.15) is 5.10 Å². The summed E-state index contributed by atoms with van der Waals surface area (Å²) in [5.74, 6) is -0.159. The van der Waals surface area contributed by atoms with Gasteiger partial charge < -0.3 is 10.0 Å². The van der Waals surface area contributed by atoms with Crippen molar-refractivity contribution in [1.29, 1.82) is 0 Å². The number of amides is 1. The van der Waals surface area contributed by atoms with Crippen molar-refractivity contribution in [2.75, 3.05) is 4.90 Å². The molecule has 5 nitrogen and oxygen atoms in total. The molecular formula is C14H17N3O2. The number of benzene rings is 1. The van der Waals surface area contributed by atoms with E-state index >= 15 is 0 Å². The lowest BCUT2D eigenvalue weighted by atomic mass is 9.98. The number of hydrogen-bond acceptors (Lipinski definition) is 4. The number of carbonyl (C=O) groups excluding carboxylic acids is 1. The number of nitrogens with zero attached hydrogens (tertiary/aromatic N) is 2. The maximum atomic E-state index is 11.9. The Labute approximate surface area is 111 Å². The van der Waals surface area contributed by atoms with Crippen molar-refractivity contribution in [1.82, 2.24) is 5.43 Å². The second-order valence-corrected chi connectivity index (χ2v) is 5.32. The Hall–Kier alpha value is -1.88. The fourth-order valence-electron chi connectivity index (χ4n) is 2.93. The highest BCUT2D eigenvalue weighted by Crippen LogP contribution is 2.33. The molecule has 0 saturated heterocycles. The molecule has 2 heterocycles. The summed E-state index contributed by atoms with van der Waals surface area (Å²) in [5.41, 5.74) is 6.84. The zero-order valence-electron chi connectivity index (χ0n) is 11.1. The van der Waals surface area contributed by atoms with Crippen LogP contribution < -0.4 is 10.3 Å². The van der Waals surface area contributed by atoms with Gasteiger partial charge in [0, 0.05) is 18.5 Å². The number of nitrogens with one attached hydrogen (secondary N) is 1. The molecule has 1 aromatic rings. The number of carbonyl (C=O) groups is 1. The van der Waals surface area contributed by atoms with Crippen molar-refractivity contribution >= 4 is 17.9 Å². The van der Waals surface area contributed by atoms with Crippen molar-refractivity contribution in [2.45, 2.75) is 38.8 Å². The van der Waals surface area contributed by atoms with Crippen LogP contribution in [0.25, 0.3) is 0 Å². The van der Waals surface area contributed by atoms with Gasteiger partial charge in [0.2, 0.25) is 0 Å². The smallest absolute Gasteiger partial charge is 0.263 e. The normalized spacial score (nSPS) is 25.4. The Kier molecular flexibility index (Phi) is 2.78. The Balaban J connectivity index is 2.18. The molecule has 2 aliphatic rings. The topological polar surface area (TPSA) is 64.9 Å². The van der Waals surface area contributed by atoms with Gasteiger partial charge >= 0.3 is 0 Å². The Morgan fingerprint density at radius 2 is 2.21 bits per heavy atom. The summed E-state index contributed by atoms with van der Waals surface area (Å²) in [6.45, 7) is 4.07. The number of hydrazone groups is 1. The lowest BCUT2D eigenvalue weighted by molar-refractivity contribution is -0.123. The summed E-state index contributed by atoms with van der Waals surface area (Å²) in [6.07, 6.45) is 2.13. The van der Waals surface area contributed by atoms with Crippen LogP contribution in [0.5, 0.6) is 0 Å². The second-order valence-electron chi connectivity index (χ2n) is 5.32. The number of aliphatic hydroxyl groups excluding tert-OH is 1. The fourth-order valence-corrected chi connectivity index (χ4v) is 2.93. The summed E-state index contributed by atoms with van der Waals surface area (Å²) < 4.78 is 0. The van der Waals surface area contributed by atoms with Gasteiger partial charge in [0.25, 0.3) is 5.91 Å². The van der Waals surface area contributed by atoms with E-state index in [2.05, 4.69) is 22.7 Å². The van der Waals surface area contributed by atoms with E-state index in [-0.39, 0.29) is 11.9 Å². The Morgan fingerprint density at radius 3 is 3.00 bits per heavy atom. The summed E-state index contributed by atoms with van der Waals surface area (Å²) >= 11 is 0. The third-order valence-electron chi connectivity index (χ3n) is 3.80. The van der Waals surface area contributed by atoms with E-state index in [1.165, 1.54) is 0 Å². The van der Waals surface area contributed by atoms with Crippen LogP contribution in [0.15, 0.2) is 17.2 Å². The number of anilines is 1. The van der Waals surface area contributed by atoms with E-state index in [0.717, 1.165) is 22.4 Å². The molecule has 19 heavy (non-hydrogen) atoms. The van der Waals surface area contributed by atoms with Crippen molar-refractivity contribution in [3.05, 3.63) is 28.8 Å². The molecule has 3 rings (SSSR count). The Bertz CT molecular complexity index is 568. The number of fused-ring (bicyclic) bond motifs is 3. The first-order chi connectivity index (χ1) is 9.06. The van der Waals surface area contributed by atoms with Gasteiger partial charge in [0.05, 0.1) is 6.10 Å². The van der Waals surface area contributed by atoms with Crippen LogP contribution in [0, 0.1) is 13.8 Å². The highest BCUT2D eigenvalue weighted by Gasteiger charge is 2.35. The van der Waals surface area contributed by atoms with Crippen LogP contribution >= 0.6 is 0 Å². The molecule has 0 fully saturated rings. The van der Waals surface area contributed by atoms with E-state index in [1.54, 1.807) is 6.34 Å². The average molecular weight is 259 g/mol. The molecule has 0 bridgehead atoms. The van der Waals surface area contributed by atoms with Gasteiger partial charge in [-0.25, -0.2) is 5.43 Å². The second kappa shape index (κ2) is 4.35. The highest BCUT2D eigenvalue weighted by molar-refractivity contribution is 5.97. The van der Waals surface area contributed by atoms with Crippen molar-refractivity contribution in [3.63, 3.8) is 0 Å². The van der Waals surface area contributed by atoms with Crippen molar-refractivity contribution in [3.8, 4) is 0 Å². The van der Waals surface area contributed by atoms with Crippen molar-refractivity contribution < 1.29 is 9.90 Å². The zero-order chi connectivity index (χ0) is 13.6. The van der Waals surface area contributed by atoms with Crippen LogP contribution in [-0.4, -0.2) is 29.5 Å². The predicted molar refractivity (Wildman–Crippen MR) is 73.1 cm³/mol. The summed E-state index contributed by atoms with van der Waals surface area (Å²) in [5, 5.41) is 14.0. The van der Waals surface area contributed by atoms with Crippen LogP contribution in [0.4, 0.5) is 5.69 Å². The van der Waals surface area contributed by atoms with E-state index in [1.807, 2.05) is 18.7 Å². The largest absolute Gasteiger partial charge is 0.393 e. The Morgan fingerprint density at radius 1 is 1.42 bits per heavy atom. The minimum atomic E-state index is -0.507. The molecule has 1 aromatic carbocycles. The molecule has 0 spiro atoms. The first kappa shape index (κ1) is 12.2. The first-order valence-corrected chi connectivity index (χ1v) is 6.46. The van der Waals surface area contributed by atoms with Crippen molar-refractivity contribution in [2.24, 2.45) is 5.10 Å². The third-order valence-corrected chi connectivity index (χ3v) is 3.80. The lowest BCUT2D eigenvalue weighted by Gasteiger charge is -2.31. The molecule has 5 heteroatoms. The molecule has 0 aliphatic carbocycles. The van der Waals surface area contributed by atoms with Gasteiger partial charge in [-0.15, -0.1) is 0 Å². The van der Waals surface area contributed by atoms with Gasteiger partial charge in [-0.1, -0.05) is 6.07 Å². The lowest BCUT2D eigenvalue weighted by Crippen LogP contribution is -2.50. The maximum absolute atomic E-state index is 11.9. The molecule has 0 aromatic heterocycles. The van der Waals surface area contributed by atoms with Crippen LogP contribution in [0.2, 0.25) is 0 Å². The quantitative estimate of drug-likeness (QED) is 0.726. The highest BCUT2D eigenvalue weighted by atomic mass is 16.3. The van der Waals surface area contributed by atoms with Gasteiger partial charge in [-0.3, -0.25) is 4.79 Å². The van der Waals surface area contributed by atoms with Gasteiger partial charge in [0.15, 0.2) is 0 Å². The van der Waals surface area contributed by atoms with Crippen LogP contribution in [0.3, 0.4) is 0 Å². The average Bonchev–Trinajstić information content (AvgIpc) is 2.48. The fraction of sp³-hybridized carbons (Fsp3) is 0.429. The maximum Gasteiger partial charge on any atom is 0.263 e. The summed E-state index contributed by atoms with van der Waals surface area (Å²) in [6, 6.07) is 3.78. The van der Waals surface area contributed by atoms with E-state index in [4.69, 9.17) is 0 Å². The van der Waals surface area contributed by atoms with E-state index in [0.29, 0.717) is 12.8 Å². The molecule has 1 amide bonds. The number of aryl methyl sites for hydroxylation is 2. The first-order valence-electron chi connectivity index (χ1n) is 6.46. The zero-order valence-corrected chi connectivity index (χ0v) is 11.1. The molecule has 100 valence electrons. The number of rotatable bonds is 0. The molecule has 2 unspecified atom stereocenters. The summed E-state index contributed by atoms with van der Waals surface area (Å²) in [7, 11) is 0. The van der Waals surface area contributed by atoms with Crippen LogP contribution in [-0.2, 0) is 11.2 Å². The minimum Gasteiger partial charge on any atom is -0.393 e. The van der Waals surface area contributed by atoms with E-state index < -0.39 is 6.10 Å². The van der Waals surface area contributed by atoms with Crippen LogP contribution in [0.1, 0.15) is 23.1 Å². The van der Waals surface area contributed by atoms with Gasteiger partial charge in [0.1, 0.15) is 12.4 Å². The molecule has 2 N–H and O–H groups in total. The monoisotopic (exact) mass is 259 g/mol. The number of hydrogen-bond donors (Lipinski definition) is 2. The number of aliphatic hydroxyl groups is 1.